The zero-order valence-electron chi connectivity index (χ0n) is 17.2. The van der Waals surface area contributed by atoms with E-state index >= 15 is 0 Å². The number of benzene rings is 2. The average molecular weight is 399 g/mol. The van der Waals surface area contributed by atoms with Crippen molar-refractivity contribution in [1.29, 1.82) is 0 Å². The molecule has 5 nitrogen and oxygen atoms in total. The molecular weight excluding hydrogens is 367 g/mol. The van der Waals surface area contributed by atoms with Crippen LogP contribution < -0.4 is 10.6 Å². The van der Waals surface area contributed by atoms with Crippen molar-refractivity contribution < 1.29 is 9.18 Å². The molecule has 1 aliphatic heterocycles. The number of carbonyl (C=O) groups excluding carboxylic acids is 1. The molecule has 29 heavy (non-hydrogen) atoms. The Labute approximate surface area is 172 Å². The second-order valence-corrected chi connectivity index (χ2v) is 7.43. The zero-order chi connectivity index (χ0) is 20.5. The summed E-state index contributed by atoms with van der Waals surface area (Å²) in [6, 6.07) is 14.7. The minimum absolute atomic E-state index is 0.229. The van der Waals surface area contributed by atoms with Crippen LogP contribution in [0.4, 0.5) is 9.18 Å². The molecule has 0 bridgehead atoms. The standard InChI is InChI=1S/C23H31FN4O/c1-2-27-13-15-28(16-14-27)18-21-9-4-3-8-20(21)17-26-23(29)25-12-11-19-7-5-6-10-22(19)24/h3-10H,2,11-18H2,1H3,(H2,25,26,29). The first-order valence-corrected chi connectivity index (χ1v) is 10.4. The number of hydrogen-bond acceptors (Lipinski definition) is 3. The number of piperazine rings is 1. The molecule has 0 spiro atoms. The lowest BCUT2D eigenvalue weighted by atomic mass is 10.1. The Hall–Kier alpha value is -2.44. The number of nitrogens with one attached hydrogen (secondary N) is 2. The highest BCUT2D eigenvalue weighted by molar-refractivity contribution is 5.73. The summed E-state index contributed by atoms with van der Waals surface area (Å²) in [4.78, 5) is 17.1. The van der Waals surface area contributed by atoms with Gasteiger partial charge in [-0.1, -0.05) is 49.4 Å². The summed E-state index contributed by atoms with van der Waals surface area (Å²) < 4.78 is 13.6. The molecule has 1 heterocycles. The fraction of sp³-hybridized carbons (Fsp3) is 0.435. The fourth-order valence-corrected chi connectivity index (χ4v) is 3.64. The summed E-state index contributed by atoms with van der Waals surface area (Å²) in [5.41, 5.74) is 3.00. The van der Waals surface area contributed by atoms with Crippen LogP contribution in [-0.2, 0) is 19.5 Å². The van der Waals surface area contributed by atoms with Gasteiger partial charge in [0.15, 0.2) is 0 Å². The van der Waals surface area contributed by atoms with Crippen LogP contribution in [-0.4, -0.2) is 55.1 Å². The van der Waals surface area contributed by atoms with Gasteiger partial charge in [-0.2, -0.15) is 0 Å². The maximum atomic E-state index is 13.6. The third kappa shape index (κ3) is 6.54. The van der Waals surface area contributed by atoms with Crippen molar-refractivity contribution in [2.75, 3.05) is 39.3 Å². The van der Waals surface area contributed by atoms with Crippen LogP contribution in [0.1, 0.15) is 23.6 Å². The molecule has 0 radical (unpaired) electrons. The Morgan fingerprint density at radius 2 is 1.52 bits per heavy atom. The minimum Gasteiger partial charge on any atom is -0.338 e. The summed E-state index contributed by atoms with van der Waals surface area (Å²) >= 11 is 0. The third-order valence-corrected chi connectivity index (χ3v) is 5.50. The highest BCUT2D eigenvalue weighted by Crippen LogP contribution is 2.13. The van der Waals surface area contributed by atoms with Crippen LogP contribution in [0.5, 0.6) is 0 Å². The van der Waals surface area contributed by atoms with E-state index in [1.807, 2.05) is 6.07 Å². The Bertz CT molecular complexity index is 790. The maximum Gasteiger partial charge on any atom is 0.315 e. The van der Waals surface area contributed by atoms with Crippen LogP contribution in [0.15, 0.2) is 48.5 Å². The SMILES string of the molecule is CCN1CCN(Cc2ccccc2CNC(=O)NCCc2ccccc2F)CC1. The Kier molecular flexibility index (Phi) is 8.02. The number of rotatable bonds is 8. The lowest BCUT2D eigenvalue weighted by Gasteiger charge is -2.34. The van der Waals surface area contributed by atoms with Crippen LogP contribution in [0.2, 0.25) is 0 Å². The van der Waals surface area contributed by atoms with Crippen molar-refractivity contribution in [2.24, 2.45) is 0 Å². The van der Waals surface area contributed by atoms with Crippen molar-refractivity contribution in [1.82, 2.24) is 20.4 Å². The van der Waals surface area contributed by atoms with E-state index in [9.17, 15) is 9.18 Å². The molecule has 2 aromatic carbocycles. The molecule has 0 aromatic heterocycles. The van der Waals surface area contributed by atoms with Crippen molar-refractivity contribution in [3.63, 3.8) is 0 Å². The van der Waals surface area contributed by atoms with Crippen LogP contribution in [0, 0.1) is 5.82 Å². The molecule has 1 saturated heterocycles. The van der Waals surface area contributed by atoms with E-state index in [1.165, 1.54) is 11.6 Å². The highest BCUT2D eigenvalue weighted by atomic mass is 19.1. The van der Waals surface area contributed by atoms with Gasteiger partial charge in [-0.3, -0.25) is 4.90 Å². The first kappa shape index (κ1) is 21.3. The number of amides is 2. The molecular formula is C23H31FN4O. The molecule has 6 heteroatoms. The summed E-state index contributed by atoms with van der Waals surface area (Å²) in [6.07, 6.45) is 0.473. The highest BCUT2D eigenvalue weighted by Gasteiger charge is 2.16. The predicted octanol–water partition coefficient (Wildman–Crippen LogP) is 3.01. The van der Waals surface area contributed by atoms with Crippen molar-refractivity contribution in [3.8, 4) is 0 Å². The first-order chi connectivity index (χ1) is 14.2. The summed E-state index contributed by atoms with van der Waals surface area (Å²) in [7, 11) is 0. The van der Waals surface area contributed by atoms with E-state index in [2.05, 4.69) is 45.6 Å². The average Bonchev–Trinajstić information content (AvgIpc) is 2.75. The molecule has 3 rings (SSSR count). The van der Waals surface area contributed by atoms with Gasteiger partial charge in [-0.25, -0.2) is 9.18 Å². The van der Waals surface area contributed by atoms with Gasteiger partial charge < -0.3 is 15.5 Å². The topological polar surface area (TPSA) is 47.6 Å². The minimum atomic E-state index is -0.233. The van der Waals surface area contributed by atoms with Gasteiger partial charge in [0.25, 0.3) is 0 Å². The fourth-order valence-electron chi connectivity index (χ4n) is 3.64. The number of urea groups is 1. The Balaban J connectivity index is 1.44. The summed E-state index contributed by atoms with van der Waals surface area (Å²) in [5, 5.41) is 5.73. The van der Waals surface area contributed by atoms with Crippen molar-refractivity contribution >= 4 is 6.03 Å². The number of likely N-dealkylation sites (N-methyl/N-ethyl adjacent to an activating group) is 1. The van der Waals surface area contributed by atoms with E-state index < -0.39 is 0 Å². The molecule has 0 aliphatic carbocycles. The van der Waals surface area contributed by atoms with Gasteiger partial charge in [0, 0.05) is 45.8 Å². The Morgan fingerprint density at radius 1 is 0.897 bits per heavy atom. The molecule has 0 unspecified atom stereocenters. The van der Waals surface area contributed by atoms with Gasteiger partial charge >= 0.3 is 6.03 Å². The van der Waals surface area contributed by atoms with E-state index in [-0.39, 0.29) is 11.8 Å². The second kappa shape index (κ2) is 10.9. The van der Waals surface area contributed by atoms with Crippen molar-refractivity contribution in [3.05, 3.63) is 71.0 Å². The van der Waals surface area contributed by atoms with Gasteiger partial charge in [-0.15, -0.1) is 0 Å². The molecule has 1 aliphatic rings. The lowest BCUT2D eigenvalue weighted by Crippen LogP contribution is -2.45. The van der Waals surface area contributed by atoms with E-state index in [0.29, 0.717) is 25.1 Å². The second-order valence-electron chi connectivity index (χ2n) is 7.43. The van der Waals surface area contributed by atoms with Gasteiger partial charge in [-0.05, 0) is 35.7 Å². The molecule has 1 fully saturated rings. The van der Waals surface area contributed by atoms with Gasteiger partial charge in [0.2, 0.25) is 0 Å². The molecule has 0 saturated carbocycles. The lowest BCUT2D eigenvalue weighted by molar-refractivity contribution is 0.131. The Morgan fingerprint density at radius 3 is 2.21 bits per heavy atom. The molecule has 0 atom stereocenters. The summed E-state index contributed by atoms with van der Waals surface area (Å²) in [6.45, 7) is 9.48. The zero-order valence-corrected chi connectivity index (χ0v) is 17.2. The largest absolute Gasteiger partial charge is 0.338 e. The number of halogens is 1. The van der Waals surface area contributed by atoms with E-state index in [0.717, 1.165) is 44.8 Å². The number of hydrogen-bond donors (Lipinski definition) is 2. The number of carbonyl (C=O) groups is 1. The van der Waals surface area contributed by atoms with Crippen molar-refractivity contribution in [2.45, 2.75) is 26.4 Å². The normalized spacial score (nSPS) is 15.2. The quantitative estimate of drug-likeness (QED) is 0.719. The van der Waals surface area contributed by atoms with Gasteiger partial charge in [0.05, 0.1) is 0 Å². The molecule has 2 aromatic rings. The molecule has 156 valence electrons. The monoisotopic (exact) mass is 398 g/mol. The van der Waals surface area contributed by atoms with E-state index in [4.69, 9.17) is 0 Å². The first-order valence-electron chi connectivity index (χ1n) is 10.4. The molecule has 2 amide bonds. The summed E-state index contributed by atoms with van der Waals surface area (Å²) in [5.74, 6) is -0.233. The van der Waals surface area contributed by atoms with Gasteiger partial charge in [0.1, 0.15) is 5.82 Å². The smallest absolute Gasteiger partial charge is 0.315 e. The molecule has 2 N–H and O–H groups in total. The third-order valence-electron chi connectivity index (χ3n) is 5.50. The van der Waals surface area contributed by atoms with Crippen LogP contribution in [0.3, 0.4) is 0 Å². The van der Waals surface area contributed by atoms with E-state index in [1.54, 1.807) is 18.2 Å². The maximum absolute atomic E-state index is 13.6. The van der Waals surface area contributed by atoms with Crippen LogP contribution in [0.25, 0.3) is 0 Å². The van der Waals surface area contributed by atoms with Crippen LogP contribution >= 0.6 is 0 Å². The predicted molar refractivity (Wildman–Crippen MR) is 114 cm³/mol. The number of nitrogens with zero attached hydrogens (tertiary/aromatic N) is 2.